The number of rotatable bonds is 6. The minimum Gasteiger partial charge on any atom is -0.481 e. The van der Waals surface area contributed by atoms with E-state index >= 15 is 0 Å². The number of amides is 1. The van der Waals surface area contributed by atoms with E-state index in [4.69, 9.17) is 5.11 Å². The lowest BCUT2D eigenvalue weighted by Gasteiger charge is -2.24. The second-order valence-electron chi connectivity index (χ2n) is 6.12. The summed E-state index contributed by atoms with van der Waals surface area (Å²) in [7, 11) is 0. The molecule has 122 valence electrons. The number of hydrogen-bond acceptors (Lipinski definition) is 4. The summed E-state index contributed by atoms with van der Waals surface area (Å²) in [5.41, 5.74) is 1.46. The number of hydrogen-bond donors (Lipinski definition) is 2. The minimum absolute atomic E-state index is 0.0107. The first kappa shape index (κ1) is 16.7. The van der Waals surface area contributed by atoms with E-state index in [2.05, 4.69) is 15.6 Å². The van der Waals surface area contributed by atoms with Gasteiger partial charge in [-0.3, -0.25) is 9.59 Å². The predicted molar refractivity (Wildman–Crippen MR) is 84.5 cm³/mol. The van der Waals surface area contributed by atoms with Crippen LogP contribution in [0.1, 0.15) is 42.7 Å². The summed E-state index contributed by atoms with van der Waals surface area (Å²) in [6.07, 6.45) is 1.88. The summed E-state index contributed by atoms with van der Waals surface area (Å²) < 4.78 is 1.53. The Bertz CT molecular complexity index is 722. The number of nitrogens with one attached hydrogen (secondary N) is 1. The Morgan fingerprint density at radius 2 is 2.09 bits per heavy atom. The number of carbonyl (C=O) groups excluding carboxylic acids is 1. The molecule has 23 heavy (non-hydrogen) atoms. The summed E-state index contributed by atoms with van der Waals surface area (Å²) in [6, 6.07) is 7.69. The van der Waals surface area contributed by atoms with E-state index in [0.29, 0.717) is 6.42 Å². The van der Waals surface area contributed by atoms with E-state index in [-0.39, 0.29) is 18.0 Å². The van der Waals surface area contributed by atoms with E-state index in [1.165, 1.54) is 4.68 Å². The molecule has 0 spiro atoms. The summed E-state index contributed by atoms with van der Waals surface area (Å²) in [5, 5.41) is 19.4. The Hall–Kier alpha value is -2.70. The molecule has 7 heteroatoms. The lowest BCUT2D eigenvalue weighted by Crippen LogP contribution is -2.43. The van der Waals surface area contributed by atoms with Gasteiger partial charge in [0.2, 0.25) is 0 Å². The maximum Gasteiger partial charge on any atom is 0.303 e. The van der Waals surface area contributed by atoms with Crippen molar-refractivity contribution in [2.24, 2.45) is 0 Å². The number of carboxylic acid groups (broad SMARTS) is 1. The third-order valence-electron chi connectivity index (χ3n) is 3.41. The SMILES string of the molecule is Cc1cccc(-n2cc(C(=O)NC(C)(C)CCC(=O)O)nn2)c1. The summed E-state index contributed by atoms with van der Waals surface area (Å²) >= 11 is 0. The maximum absolute atomic E-state index is 12.2. The molecule has 0 radical (unpaired) electrons. The minimum atomic E-state index is -0.891. The Morgan fingerprint density at radius 1 is 1.35 bits per heavy atom. The average molecular weight is 316 g/mol. The zero-order valence-electron chi connectivity index (χ0n) is 13.4. The Kier molecular flexibility index (Phi) is 4.78. The molecule has 2 N–H and O–H groups in total. The number of benzene rings is 1. The van der Waals surface area contributed by atoms with Crippen LogP contribution in [0.2, 0.25) is 0 Å². The standard InChI is InChI=1S/C16H20N4O3/c1-11-5-4-6-12(9-11)20-10-13(18-19-20)15(23)17-16(2,3)8-7-14(21)22/h4-6,9-10H,7-8H2,1-3H3,(H,17,23)(H,21,22). The van der Waals surface area contributed by atoms with Gasteiger partial charge in [-0.25, -0.2) is 4.68 Å². The molecule has 1 heterocycles. The van der Waals surface area contributed by atoms with E-state index in [9.17, 15) is 9.59 Å². The van der Waals surface area contributed by atoms with Crippen molar-refractivity contribution < 1.29 is 14.7 Å². The molecule has 0 saturated heterocycles. The number of aliphatic carboxylic acids is 1. The molecule has 0 fully saturated rings. The molecule has 7 nitrogen and oxygen atoms in total. The van der Waals surface area contributed by atoms with Crippen LogP contribution in [0.25, 0.3) is 5.69 Å². The van der Waals surface area contributed by atoms with Gasteiger partial charge in [0.1, 0.15) is 0 Å². The summed E-state index contributed by atoms with van der Waals surface area (Å²) in [4.78, 5) is 22.9. The van der Waals surface area contributed by atoms with Crippen LogP contribution in [0.3, 0.4) is 0 Å². The smallest absolute Gasteiger partial charge is 0.303 e. The molecule has 1 amide bonds. The zero-order chi connectivity index (χ0) is 17.0. The Balaban J connectivity index is 2.08. The highest BCUT2D eigenvalue weighted by molar-refractivity contribution is 5.92. The number of carboxylic acids is 1. The Labute approximate surface area is 134 Å². The Morgan fingerprint density at radius 3 is 2.74 bits per heavy atom. The first-order valence-corrected chi connectivity index (χ1v) is 7.30. The lowest BCUT2D eigenvalue weighted by molar-refractivity contribution is -0.137. The van der Waals surface area contributed by atoms with Gasteiger partial charge in [-0.2, -0.15) is 0 Å². The third-order valence-corrected chi connectivity index (χ3v) is 3.41. The van der Waals surface area contributed by atoms with E-state index in [1.54, 1.807) is 20.0 Å². The third kappa shape index (κ3) is 4.64. The van der Waals surface area contributed by atoms with Crippen molar-refractivity contribution >= 4 is 11.9 Å². The fraction of sp³-hybridized carbons (Fsp3) is 0.375. The molecule has 1 aromatic heterocycles. The first-order valence-electron chi connectivity index (χ1n) is 7.30. The van der Waals surface area contributed by atoms with Gasteiger partial charge >= 0.3 is 5.97 Å². The van der Waals surface area contributed by atoms with Crippen LogP contribution in [-0.2, 0) is 4.79 Å². The van der Waals surface area contributed by atoms with Crippen LogP contribution < -0.4 is 5.32 Å². The van der Waals surface area contributed by atoms with Crippen molar-refractivity contribution in [3.8, 4) is 5.69 Å². The van der Waals surface area contributed by atoms with Gasteiger partial charge in [0.15, 0.2) is 5.69 Å². The highest BCUT2D eigenvalue weighted by atomic mass is 16.4. The van der Waals surface area contributed by atoms with Crippen molar-refractivity contribution in [3.05, 3.63) is 41.7 Å². The van der Waals surface area contributed by atoms with Gasteiger partial charge in [0.25, 0.3) is 5.91 Å². The van der Waals surface area contributed by atoms with Gasteiger partial charge in [-0.05, 0) is 44.9 Å². The van der Waals surface area contributed by atoms with Crippen LogP contribution >= 0.6 is 0 Å². The van der Waals surface area contributed by atoms with Crippen molar-refractivity contribution in [2.75, 3.05) is 0 Å². The van der Waals surface area contributed by atoms with Gasteiger partial charge in [-0.1, -0.05) is 17.3 Å². The molecule has 0 unspecified atom stereocenters. The molecule has 1 aromatic carbocycles. The van der Waals surface area contributed by atoms with Crippen LogP contribution in [0.15, 0.2) is 30.5 Å². The summed E-state index contributed by atoms with van der Waals surface area (Å²) in [5.74, 6) is -1.27. The number of aryl methyl sites for hydroxylation is 1. The van der Waals surface area contributed by atoms with E-state index in [1.807, 2.05) is 31.2 Å². The maximum atomic E-state index is 12.2. The topological polar surface area (TPSA) is 97.1 Å². The predicted octanol–water partition coefficient (Wildman–Crippen LogP) is 1.95. The van der Waals surface area contributed by atoms with Crippen molar-refractivity contribution in [2.45, 2.75) is 39.2 Å². The molecule has 0 aliphatic carbocycles. The van der Waals surface area contributed by atoms with Crippen molar-refractivity contribution in [1.82, 2.24) is 20.3 Å². The molecule has 0 bridgehead atoms. The molecule has 2 aromatic rings. The second-order valence-corrected chi connectivity index (χ2v) is 6.12. The quantitative estimate of drug-likeness (QED) is 0.849. The van der Waals surface area contributed by atoms with Crippen LogP contribution in [0, 0.1) is 6.92 Å². The normalized spacial score (nSPS) is 11.3. The highest BCUT2D eigenvalue weighted by Gasteiger charge is 2.23. The van der Waals surface area contributed by atoms with Gasteiger partial charge in [0, 0.05) is 12.0 Å². The largest absolute Gasteiger partial charge is 0.481 e. The van der Waals surface area contributed by atoms with E-state index < -0.39 is 11.5 Å². The molecular formula is C16H20N4O3. The number of carbonyl (C=O) groups is 2. The number of aromatic nitrogens is 3. The second kappa shape index (κ2) is 6.60. The fourth-order valence-electron chi connectivity index (χ4n) is 2.12. The number of nitrogens with zero attached hydrogens (tertiary/aromatic N) is 3. The highest BCUT2D eigenvalue weighted by Crippen LogP contribution is 2.13. The van der Waals surface area contributed by atoms with Gasteiger partial charge in [-0.15, -0.1) is 5.10 Å². The summed E-state index contributed by atoms with van der Waals surface area (Å²) in [6.45, 7) is 5.52. The first-order chi connectivity index (χ1) is 10.8. The van der Waals surface area contributed by atoms with Crippen LogP contribution in [0.4, 0.5) is 0 Å². The molecule has 0 aliphatic rings. The fourth-order valence-corrected chi connectivity index (χ4v) is 2.12. The van der Waals surface area contributed by atoms with E-state index in [0.717, 1.165) is 11.3 Å². The molecular weight excluding hydrogens is 296 g/mol. The van der Waals surface area contributed by atoms with Crippen molar-refractivity contribution in [1.29, 1.82) is 0 Å². The monoisotopic (exact) mass is 316 g/mol. The van der Waals surface area contributed by atoms with Crippen molar-refractivity contribution in [3.63, 3.8) is 0 Å². The average Bonchev–Trinajstić information content (AvgIpc) is 2.95. The van der Waals surface area contributed by atoms with Gasteiger partial charge in [0.05, 0.1) is 11.9 Å². The van der Waals surface area contributed by atoms with Crippen LogP contribution in [-0.4, -0.2) is 37.5 Å². The molecule has 0 aliphatic heterocycles. The molecule has 0 saturated carbocycles. The van der Waals surface area contributed by atoms with Gasteiger partial charge < -0.3 is 10.4 Å². The lowest BCUT2D eigenvalue weighted by atomic mass is 9.98. The zero-order valence-corrected chi connectivity index (χ0v) is 13.4. The molecule has 0 atom stereocenters. The van der Waals surface area contributed by atoms with Crippen LogP contribution in [0.5, 0.6) is 0 Å². The molecule has 2 rings (SSSR count).